The Hall–Kier alpha value is 0.466. The van der Waals surface area contributed by atoms with E-state index >= 15 is 0 Å². The molecule has 0 nitrogen and oxygen atoms in total. The van der Waals surface area contributed by atoms with Gasteiger partial charge in [0, 0.05) is 0 Å². The summed E-state index contributed by atoms with van der Waals surface area (Å²) in [4.78, 5) is 0. The van der Waals surface area contributed by atoms with Crippen LogP contribution in [0.25, 0.3) is 0 Å². The van der Waals surface area contributed by atoms with Gasteiger partial charge in [-0.3, -0.25) is 0 Å². The van der Waals surface area contributed by atoms with Crippen LogP contribution < -0.4 is 17.0 Å². The summed E-state index contributed by atoms with van der Waals surface area (Å²) in [7, 11) is 0. The predicted octanol–water partition coefficient (Wildman–Crippen LogP) is -1.08. The van der Waals surface area contributed by atoms with Crippen LogP contribution in [0.1, 0.15) is 16.5 Å². The van der Waals surface area contributed by atoms with E-state index in [1.807, 2.05) is 21.7 Å². The Balaban J connectivity index is 0.000000810. The van der Waals surface area contributed by atoms with Gasteiger partial charge in [-0.2, -0.15) is 0 Å². The maximum atomic E-state index is 2.22. The fraction of sp³-hybridized carbons (Fsp3) is 0.250. The van der Waals surface area contributed by atoms with Crippen molar-refractivity contribution in [1.82, 2.24) is 0 Å². The van der Waals surface area contributed by atoms with Crippen LogP contribution in [0.4, 0.5) is 0 Å². The monoisotopic (exact) mass is 208 g/mol. The van der Waals surface area contributed by atoms with Gasteiger partial charge in [0.2, 0.25) is 0 Å². The van der Waals surface area contributed by atoms with Crippen molar-refractivity contribution < 1.29 is 17.0 Å². The Labute approximate surface area is 85.2 Å². The second-order valence-electron chi connectivity index (χ2n) is 2.31. The molecule has 0 aliphatic rings. The molecule has 0 aliphatic carbocycles. The second-order valence-corrected chi connectivity index (χ2v) is 3.54. The standard InChI is InChI=1S/C8H9.BrH.Mg/c1-2-8-6-4-3-5-7-8;;/h2-7H,1H3;1H;/q;;+1/p-1. The molecule has 1 unspecified atom stereocenters. The summed E-state index contributed by atoms with van der Waals surface area (Å²) in [5.41, 5.74) is 1.43. The molecular weight excluding hydrogens is 200 g/mol. The number of hydrogen-bond donors (Lipinski definition) is 0. The van der Waals surface area contributed by atoms with Crippen LogP contribution in [0.2, 0.25) is 0 Å². The number of hydrogen-bond acceptors (Lipinski definition) is 0. The van der Waals surface area contributed by atoms with Gasteiger partial charge in [0.05, 0.1) is 0 Å². The maximum Gasteiger partial charge on any atom is -1.00 e. The van der Waals surface area contributed by atoms with Crippen molar-refractivity contribution in [2.45, 2.75) is 11.0 Å². The Morgan fingerprint density at radius 2 is 1.70 bits per heavy atom. The number of benzene rings is 1. The van der Waals surface area contributed by atoms with Crippen molar-refractivity contribution in [2.24, 2.45) is 0 Å². The third-order valence-corrected chi connectivity index (χ3v) is 1.84. The molecular formula is C8H9BrMg. The van der Waals surface area contributed by atoms with E-state index in [1.54, 1.807) is 0 Å². The number of halogens is 1. The first-order valence-electron chi connectivity index (χ1n) is 3.18. The minimum absolute atomic E-state index is 0. The molecule has 2 heteroatoms. The van der Waals surface area contributed by atoms with Gasteiger partial charge in [-0.25, -0.2) is 0 Å². The van der Waals surface area contributed by atoms with Crippen molar-refractivity contribution in [3.05, 3.63) is 35.9 Å². The molecule has 0 saturated carbocycles. The molecule has 0 saturated heterocycles. The van der Waals surface area contributed by atoms with Gasteiger partial charge in [-0.05, 0) is 0 Å². The van der Waals surface area contributed by atoms with Crippen LogP contribution in [0.15, 0.2) is 30.3 Å². The SMILES string of the molecule is C[CH]([Mg+])c1ccccc1.[Br-]. The fourth-order valence-corrected chi connectivity index (χ4v) is 1.05. The van der Waals surface area contributed by atoms with Crippen molar-refractivity contribution in [2.75, 3.05) is 0 Å². The zero-order chi connectivity index (χ0) is 6.69. The molecule has 50 valence electrons. The molecule has 10 heavy (non-hydrogen) atoms. The molecule has 1 aromatic rings. The zero-order valence-corrected chi connectivity index (χ0v) is 9.05. The van der Waals surface area contributed by atoms with Crippen molar-refractivity contribution in [3.8, 4) is 0 Å². The summed E-state index contributed by atoms with van der Waals surface area (Å²) in [5, 5.41) is 0. The summed E-state index contributed by atoms with van der Waals surface area (Å²) in [6.07, 6.45) is 0. The van der Waals surface area contributed by atoms with Gasteiger partial charge in [0.1, 0.15) is 0 Å². The van der Waals surface area contributed by atoms with E-state index in [4.69, 9.17) is 0 Å². The van der Waals surface area contributed by atoms with Crippen molar-refractivity contribution >= 4 is 21.7 Å². The molecule has 1 aromatic carbocycles. The first-order chi connectivity index (χ1) is 4.30. The predicted molar refractivity (Wildman–Crippen MR) is 40.6 cm³/mol. The summed E-state index contributed by atoms with van der Waals surface area (Å²) < 4.78 is 0.686. The van der Waals surface area contributed by atoms with E-state index in [9.17, 15) is 0 Å². The van der Waals surface area contributed by atoms with E-state index in [2.05, 4.69) is 37.3 Å². The van der Waals surface area contributed by atoms with Gasteiger partial charge < -0.3 is 17.0 Å². The second kappa shape index (κ2) is 5.16. The molecule has 0 amide bonds. The normalized spacial score (nSPS) is 11.9. The summed E-state index contributed by atoms with van der Waals surface area (Å²) >= 11 is 2.01. The molecule has 0 fully saturated rings. The van der Waals surface area contributed by atoms with E-state index in [-0.39, 0.29) is 17.0 Å². The molecule has 0 aliphatic heterocycles. The van der Waals surface area contributed by atoms with Gasteiger partial charge >= 0.3 is 68.6 Å². The minimum atomic E-state index is 0. The van der Waals surface area contributed by atoms with Crippen LogP contribution in [0, 0.1) is 0 Å². The summed E-state index contributed by atoms with van der Waals surface area (Å²) in [5.74, 6) is 0. The Morgan fingerprint density at radius 1 is 1.20 bits per heavy atom. The van der Waals surface area contributed by atoms with Crippen LogP contribution in [-0.4, -0.2) is 21.7 Å². The first kappa shape index (κ1) is 10.5. The van der Waals surface area contributed by atoms with Gasteiger partial charge in [0.25, 0.3) is 0 Å². The first-order valence-corrected chi connectivity index (χ1v) is 4.00. The van der Waals surface area contributed by atoms with Crippen LogP contribution in [-0.2, 0) is 0 Å². The average Bonchev–Trinajstić information content (AvgIpc) is 1.90. The third-order valence-electron chi connectivity index (χ3n) is 1.37. The topological polar surface area (TPSA) is 0 Å². The summed E-state index contributed by atoms with van der Waals surface area (Å²) in [6.45, 7) is 2.22. The molecule has 0 heterocycles. The fourth-order valence-electron chi connectivity index (χ4n) is 0.782. The largest absolute Gasteiger partial charge is 1.00 e. The molecule has 1 rings (SSSR count). The molecule has 0 aromatic heterocycles. The van der Waals surface area contributed by atoms with Crippen LogP contribution in [0.3, 0.4) is 0 Å². The molecule has 0 bridgehead atoms. The molecule has 0 N–H and O–H groups in total. The van der Waals surface area contributed by atoms with Crippen molar-refractivity contribution in [3.63, 3.8) is 0 Å². The minimum Gasteiger partial charge on any atom is -1.00 e. The maximum absolute atomic E-state index is 2.22. The zero-order valence-electron chi connectivity index (χ0n) is 6.05. The molecule has 0 radical (unpaired) electrons. The quantitative estimate of drug-likeness (QED) is 0.516. The van der Waals surface area contributed by atoms with Crippen LogP contribution >= 0.6 is 0 Å². The van der Waals surface area contributed by atoms with Gasteiger partial charge in [-0.1, -0.05) is 0 Å². The van der Waals surface area contributed by atoms with Gasteiger partial charge in [-0.15, -0.1) is 0 Å². The molecule has 1 atom stereocenters. The van der Waals surface area contributed by atoms with Crippen LogP contribution in [0.5, 0.6) is 0 Å². The summed E-state index contributed by atoms with van der Waals surface area (Å²) in [6, 6.07) is 10.5. The molecule has 0 spiro atoms. The van der Waals surface area contributed by atoms with E-state index < -0.39 is 0 Å². The smallest absolute Gasteiger partial charge is 1.00 e. The Morgan fingerprint density at radius 3 is 2.00 bits per heavy atom. The van der Waals surface area contributed by atoms with E-state index in [0.717, 1.165) is 0 Å². The van der Waals surface area contributed by atoms with Gasteiger partial charge in [0.15, 0.2) is 0 Å². The van der Waals surface area contributed by atoms with Crippen molar-refractivity contribution in [1.29, 1.82) is 0 Å². The average molecular weight is 209 g/mol. The van der Waals surface area contributed by atoms with E-state index in [0.29, 0.717) is 4.05 Å². The Kier molecular flexibility index (Phi) is 5.40. The Bertz CT molecular complexity index is 172. The third kappa shape index (κ3) is 3.04. The number of rotatable bonds is 1. The van der Waals surface area contributed by atoms with E-state index in [1.165, 1.54) is 5.56 Å².